The monoisotopic (exact) mass is 447 g/mol. The number of aryl methyl sites for hydroxylation is 2. The summed E-state index contributed by atoms with van der Waals surface area (Å²) in [5, 5.41) is 15.4. The topological polar surface area (TPSA) is 149 Å². The second-order valence-corrected chi connectivity index (χ2v) is 6.80. The number of halogens is 1. The van der Waals surface area contributed by atoms with E-state index in [1.807, 2.05) is 0 Å². The molecule has 3 N–H and O–H groups in total. The van der Waals surface area contributed by atoms with E-state index in [1.54, 1.807) is 26.0 Å². The number of nitrogens with zero attached hydrogens (tertiary/aromatic N) is 2. The van der Waals surface area contributed by atoms with Gasteiger partial charge < -0.3 is 29.7 Å². The normalized spacial score (nSPS) is 10.4. The number of amides is 2. The zero-order valence-corrected chi connectivity index (χ0v) is 17.3. The van der Waals surface area contributed by atoms with Crippen LogP contribution in [0, 0.1) is 13.8 Å². The van der Waals surface area contributed by atoms with Crippen molar-refractivity contribution in [2.75, 3.05) is 29.1 Å². The van der Waals surface area contributed by atoms with Gasteiger partial charge in [0, 0.05) is 22.8 Å². The van der Waals surface area contributed by atoms with E-state index >= 15 is 0 Å². The lowest BCUT2D eigenvalue weighted by Gasteiger charge is -2.12. The fourth-order valence-corrected chi connectivity index (χ4v) is 2.61. The molecular formula is C19H18ClN5O6. The van der Waals surface area contributed by atoms with Crippen molar-refractivity contribution in [1.29, 1.82) is 0 Å². The van der Waals surface area contributed by atoms with E-state index in [0.717, 1.165) is 0 Å². The molecule has 2 aromatic heterocycles. The van der Waals surface area contributed by atoms with Gasteiger partial charge in [-0.25, -0.2) is 4.79 Å². The number of nitrogens with one attached hydrogen (secondary N) is 3. The summed E-state index contributed by atoms with van der Waals surface area (Å²) in [5.41, 5.74) is 0.357. The van der Waals surface area contributed by atoms with Crippen LogP contribution in [0.3, 0.4) is 0 Å². The van der Waals surface area contributed by atoms with E-state index < -0.39 is 24.4 Å². The Labute approximate surface area is 181 Å². The van der Waals surface area contributed by atoms with Crippen molar-refractivity contribution in [3.63, 3.8) is 0 Å². The van der Waals surface area contributed by atoms with Crippen LogP contribution >= 0.6 is 11.6 Å². The van der Waals surface area contributed by atoms with Gasteiger partial charge in [-0.1, -0.05) is 21.9 Å². The molecule has 2 amide bonds. The minimum atomic E-state index is -0.802. The average Bonchev–Trinajstić information content (AvgIpc) is 3.32. The molecular weight excluding hydrogens is 430 g/mol. The van der Waals surface area contributed by atoms with Crippen molar-refractivity contribution in [2.24, 2.45) is 0 Å². The molecule has 2 heterocycles. The number of carbonyl (C=O) groups excluding carboxylic acids is 3. The number of hydrogen-bond donors (Lipinski definition) is 3. The Bertz CT molecular complexity index is 1110. The van der Waals surface area contributed by atoms with Crippen LogP contribution in [-0.4, -0.2) is 41.2 Å². The van der Waals surface area contributed by atoms with Crippen LogP contribution in [0.2, 0.25) is 5.02 Å². The lowest BCUT2D eigenvalue weighted by Crippen LogP contribution is -2.24. The van der Waals surface area contributed by atoms with Gasteiger partial charge in [0.25, 0.3) is 5.91 Å². The van der Waals surface area contributed by atoms with Crippen molar-refractivity contribution >= 4 is 46.7 Å². The molecule has 3 rings (SSSR count). The van der Waals surface area contributed by atoms with Crippen LogP contribution in [0.5, 0.6) is 0 Å². The number of anilines is 3. The Kier molecular flexibility index (Phi) is 6.88. The van der Waals surface area contributed by atoms with Gasteiger partial charge in [0.2, 0.25) is 5.91 Å². The summed E-state index contributed by atoms with van der Waals surface area (Å²) < 4.78 is 14.7. The highest BCUT2D eigenvalue weighted by Crippen LogP contribution is 2.22. The summed E-state index contributed by atoms with van der Waals surface area (Å²) >= 11 is 5.97. The van der Waals surface area contributed by atoms with E-state index in [0.29, 0.717) is 17.2 Å². The van der Waals surface area contributed by atoms with Crippen LogP contribution in [-0.2, 0) is 14.3 Å². The maximum absolute atomic E-state index is 12.5. The zero-order valence-electron chi connectivity index (χ0n) is 16.5. The average molecular weight is 448 g/mol. The third-order valence-corrected chi connectivity index (χ3v) is 4.00. The highest BCUT2D eigenvalue weighted by atomic mass is 35.5. The van der Waals surface area contributed by atoms with Crippen LogP contribution in [0.1, 0.15) is 21.9 Å². The molecule has 162 valence electrons. The fourth-order valence-electron chi connectivity index (χ4n) is 2.44. The lowest BCUT2D eigenvalue weighted by atomic mass is 10.1. The third-order valence-electron chi connectivity index (χ3n) is 3.77. The fraction of sp³-hybridized carbons (Fsp3) is 0.211. The summed E-state index contributed by atoms with van der Waals surface area (Å²) in [6, 6.07) is 7.51. The second-order valence-electron chi connectivity index (χ2n) is 6.36. The maximum atomic E-state index is 12.5. The lowest BCUT2D eigenvalue weighted by molar-refractivity contribution is -0.119. The molecule has 0 unspecified atom stereocenters. The molecule has 1 aromatic carbocycles. The van der Waals surface area contributed by atoms with E-state index in [4.69, 9.17) is 25.4 Å². The molecule has 3 aromatic rings. The summed E-state index contributed by atoms with van der Waals surface area (Å²) in [5.74, 6) is -0.266. The highest BCUT2D eigenvalue weighted by Gasteiger charge is 2.17. The molecule has 12 heteroatoms. The van der Waals surface area contributed by atoms with Crippen LogP contribution in [0.15, 0.2) is 39.4 Å². The van der Waals surface area contributed by atoms with Crippen LogP contribution in [0.4, 0.5) is 17.3 Å². The van der Waals surface area contributed by atoms with Gasteiger partial charge in [-0.2, -0.15) is 0 Å². The summed E-state index contributed by atoms with van der Waals surface area (Å²) in [6.45, 7) is 2.64. The maximum Gasteiger partial charge on any atom is 0.340 e. The van der Waals surface area contributed by atoms with Gasteiger partial charge in [0.05, 0.1) is 12.1 Å². The molecule has 31 heavy (non-hydrogen) atoms. The van der Waals surface area contributed by atoms with Crippen molar-refractivity contribution < 1.29 is 28.2 Å². The van der Waals surface area contributed by atoms with Crippen molar-refractivity contribution in [2.45, 2.75) is 13.8 Å². The Balaban J connectivity index is 1.57. The predicted octanol–water partition coefficient (Wildman–Crippen LogP) is 2.78. The first-order chi connectivity index (χ1) is 14.8. The molecule has 0 radical (unpaired) electrons. The smallest absolute Gasteiger partial charge is 0.340 e. The van der Waals surface area contributed by atoms with Gasteiger partial charge in [-0.15, -0.1) is 0 Å². The molecule has 0 saturated heterocycles. The number of ether oxygens (including phenoxy) is 1. The largest absolute Gasteiger partial charge is 0.452 e. The molecule has 0 saturated carbocycles. The molecule has 0 aliphatic heterocycles. The zero-order chi connectivity index (χ0) is 22.4. The van der Waals surface area contributed by atoms with E-state index in [-0.39, 0.29) is 28.8 Å². The van der Waals surface area contributed by atoms with E-state index in [1.165, 1.54) is 18.2 Å². The minimum absolute atomic E-state index is 0.0580. The van der Waals surface area contributed by atoms with E-state index in [9.17, 15) is 14.4 Å². The third kappa shape index (κ3) is 6.31. The summed E-state index contributed by atoms with van der Waals surface area (Å²) in [6.07, 6.45) is 0. The van der Waals surface area contributed by atoms with Crippen molar-refractivity contribution in [1.82, 2.24) is 10.3 Å². The molecule has 0 fully saturated rings. The quantitative estimate of drug-likeness (QED) is 0.443. The van der Waals surface area contributed by atoms with Gasteiger partial charge >= 0.3 is 5.97 Å². The highest BCUT2D eigenvalue weighted by molar-refractivity contribution is 6.31. The van der Waals surface area contributed by atoms with E-state index in [2.05, 4.69) is 26.3 Å². The number of hydrogen-bond acceptors (Lipinski definition) is 9. The van der Waals surface area contributed by atoms with Crippen LogP contribution < -0.4 is 16.0 Å². The van der Waals surface area contributed by atoms with Crippen molar-refractivity contribution in [3.05, 3.63) is 52.4 Å². The Morgan fingerprint density at radius 3 is 2.16 bits per heavy atom. The van der Waals surface area contributed by atoms with Crippen LogP contribution in [0.25, 0.3) is 0 Å². The first kappa shape index (κ1) is 21.8. The molecule has 0 aliphatic carbocycles. The summed E-state index contributed by atoms with van der Waals surface area (Å²) in [7, 11) is 0. The number of rotatable bonds is 8. The van der Waals surface area contributed by atoms with Gasteiger partial charge in [-0.05, 0) is 32.0 Å². The molecule has 0 aliphatic rings. The van der Waals surface area contributed by atoms with Crippen molar-refractivity contribution in [3.8, 4) is 0 Å². The Morgan fingerprint density at radius 1 is 0.968 bits per heavy atom. The number of esters is 1. The second kappa shape index (κ2) is 9.76. The van der Waals surface area contributed by atoms with Gasteiger partial charge in [0.15, 0.2) is 18.2 Å². The SMILES string of the molecule is Cc1cc(NC(=O)CNc2ccc(Cl)cc2C(=O)OCC(=O)Nc2cc(C)on2)no1. The number of carbonyl (C=O) groups is 3. The first-order valence-corrected chi connectivity index (χ1v) is 9.35. The Hall–Kier alpha value is -3.86. The van der Waals surface area contributed by atoms with Gasteiger partial charge in [0.1, 0.15) is 11.5 Å². The number of benzene rings is 1. The standard InChI is InChI=1S/C19H18ClN5O6/c1-10-5-15(24-30-10)22-17(26)8-21-14-4-3-12(20)7-13(14)19(28)29-9-18(27)23-16-6-11(2)31-25-16/h3-7,21H,8-9H2,1-2H3,(H,22,24,26)(H,23,25,27). The first-order valence-electron chi connectivity index (χ1n) is 8.97. The predicted molar refractivity (Wildman–Crippen MR) is 110 cm³/mol. The summed E-state index contributed by atoms with van der Waals surface area (Å²) in [4.78, 5) is 36.5. The molecule has 0 atom stereocenters. The van der Waals surface area contributed by atoms with Gasteiger partial charge in [-0.3, -0.25) is 9.59 Å². The minimum Gasteiger partial charge on any atom is -0.452 e. The molecule has 0 spiro atoms. The molecule has 11 nitrogen and oxygen atoms in total. The Morgan fingerprint density at radius 2 is 1.58 bits per heavy atom. The number of aromatic nitrogens is 2. The molecule has 0 bridgehead atoms.